The zero-order valence-electron chi connectivity index (χ0n) is 19.8. The fourth-order valence-corrected chi connectivity index (χ4v) is 6.55. The van der Waals surface area contributed by atoms with Crippen LogP contribution < -0.4 is 0 Å². The highest BCUT2D eigenvalue weighted by Gasteiger charge is 2.72. The van der Waals surface area contributed by atoms with Crippen LogP contribution in [0.5, 0.6) is 0 Å². The van der Waals surface area contributed by atoms with Gasteiger partial charge in [0.1, 0.15) is 6.10 Å². The number of allylic oxidation sites excluding steroid dienone is 1. The van der Waals surface area contributed by atoms with Crippen LogP contribution in [0.2, 0.25) is 0 Å². The second-order valence-corrected chi connectivity index (χ2v) is 11.0. The van der Waals surface area contributed by atoms with E-state index in [0.717, 1.165) is 12.8 Å². The lowest BCUT2D eigenvalue weighted by atomic mass is 9.77. The highest BCUT2D eigenvalue weighted by Crippen LogP contribution is 2.64. The Labute approximate surface area is 185 Å². The number of carbonyl (C=O) groups excluding carboxylic acids is 3. The highest BCUT2D eigenvalue weighted by molar-refractivity contribution is 6.03. The third kappa shape index (κ3) is 3.46. The molecule has 2 saturated carbocycles. The van der Waals surface area contributed by atoms with Gasteiger partial charge in [0.25, 0.3) is 0 Å². The molecule has 0 spiro atoms. The van der Waals surface area contributed by atoms with E-state index in [9.17, 15) is 14.4 Å². The Morgan fingerprint density at radius 2 is 1.94 bits per heavy atom. The summed E-state index contributed by atoms with van der Waals surface area (Å²) < 4.78 is 18.0. The molecule has 0 amide bonds. The maximum Gasteiger partial charge on any atom is 0.305 e. The molecule has 0 aromatic carbocycles. The molecular weight excluding hydrogens is 396 g/mol. The molecule has 3 aliphatic carbocycles. The molecule has 0 bridgehead atoms. The van der Waals surface area contributed by atoms with Gasteiger partial charge in [0, 0.05) is 19.8 Å². The van der Waals surface area contributed by atoms with Gasteiger partial charge in [-0.15, -0.1) is 0 Å². The van der Waals surface area contributed by atoms with E-state index in [1.807, 2.05) is 13.8 Å². The number of hydrogen-bond donors (Lipinski definition) is 0. The lowest BCUT2D eigenvalue weighted by Crippen LogP contribution is -2.52. The zero-order chi connectivity index (χ0) is 22.9. The van der Waals surface area contributed by atoms with E-state index in [0.29, 0.717) is 23.8 Å². The molecule has 6 heteroatoms. The molecule has 6 nitrogen and oxygen atoms in total. The number of rotatable bonds is 3. The number of ketones is 1. The van der Waals surface area contributed by atoms with Gasteiger partial charge in [-0.05, 0) is 55.4 Å². The number of carbonyl (C=O) groups is 3. The summed E-state index contributed by atoms with van der Waals surface area (Å²) in [5.41, 5.74) is -0.992. The fraction of sp³-hybridized carbons (Fsp3) is 0.800. The van der Waals surface area contributed by atoms with E-state index >= 15 is 0 Å². The summed E-state index contributed by atoms with van der Waals surface area (Å²) in [6.45, 7) is 13.5. The number of epoxide rings is 1. The normalized spacial score (nSPS) is 46.9. The summed E-state index contributed by atoms with van der Waals surface area (Å²) in [6.07, 6.45) is 3.75. The van der Waals surface area contributed by atoms with Crippen molar-refractivity contribution in [1.29, 1.82) is 0 Å². The van der Waals surface area contributed by atoms with Gasteiger partial charge in [0.2, 0.25) is 5.78 Å². The van der Waals surface area contributed by atoms with Crippen molar-refractivity contribution in [3.63, 3.8) is 0 Å². The maximum atomic E-state index is 14.0. The number of hydrogen-bond acceptors (Lipinski definition) is 6. The third-order valence-electron chi connectivity index (χ3n) is 8.49. The minimum Gasteiger partial charge on any atom is -0.461 e. The van der Waals surface area contributed by atoms with E-state index in [2.05, 4.69) is 26.8 Å². The minimum atomic E-state index is -1.37. The predicted octanol–water partition coefficient (Wildman–Crippen LogP) is 4.01. The molecule has 4 aliphatic rings. The van der Waals surface area contributed by atoms with E-state index in [1.54, 1.807) is 6.92 Å². The molecule has 0 aromatic rings. The third-order valence-corrected chi connectivity index (χ3v) is 8.49. The van der Waals surface area contributed by atoms with Crippen molar-refractivity contribution in [3.8, 4) is 0 Å². The van der Waals surface area contributed by atoms with E-state index in [4.69, 9.17) is 14.2 Å². The first-order chi connectivity index (χ1) is 14.4. The van der Waals surface area contributed by atoms with Crippen LogP contribution in [0.3, 0.4) is 0 Å². The molecule has 8 atom stereocenters. The van der Waals surface area contributed by atoms with Crippen LogP contribution in [-0.2, 0) is 28.6 Å². The second-order valence-electron chi connectivity index (χ2n) is 11.0. The van der Waals surface area contributed by atoms with Crippen molar-refractivity contribution in [1.82, 2.24) is 0 Å². The molecule has 1 heterocycles. The number of fused-ring (bicyclic) bond motifs is 4. The van der Waals surface area contributed by atoms with E-state index < -0.39 is 29.2 Å². The monoisotopic (exact) mass is 432 g/mol. The molecule has 1 aliphatic heterocycles. The smallest absolute Gasteiger partial charge is 0.305 e. The quantitative estimate of drug-likeness (QED) is 0.495. The SMILES string of the molecule is CCC(=O)O[C@@H]1[C@@H]2[C@@H]3O[C@@]3(C)CC[C@H]3[C@@H](/C=C(\C)C(=O)[C@@]2(OC(C)=O)C[C@@H]1C)C3(C)C. The zero-order valence-corrected chi connectivity index (χ0v) is 19.8. The van der Waals surface area contributed by atoms with Gasteiger partial charge in [-0.1, -0.05) is 33.8 Å². The molecule has 4 rings (SSSR count). The molecule has 0 N–H and O–H groups in total. The highest BCUT2D eigenvalue weighted by atomic mass is 16.6. The fourth-order valence-electron chi connectivity index (χ4n) is 6.55. The Morgan fingerprint density at radius 1 is 1.26 bits per heavy atom. The van der Waals surface area contributed by atoms with Crippen LogP contribution in [0.15, 0.2) is 11.6 Å². The van der Waals surface area contributed by atoms with Crippen LogP contribution in [0, 0.1) is 29.1 Å². The molecular formula is C25H36O6. The topological polar surface area (TPSA) is 82.2 Å². The van der Waals surface area contributed by atoms with Gasteiger partial charge in [-0.2, -0.15) is 0 Å². The van der Waals surface area contributed by atoms with Crippen LogP contribution in [0.25, 0.3) is 0 Å². The first kappa shape index (κ1) is 22.5. The number of Topliss-reactive ketones (excluding diaryl/α,β-unsaturated/α-hetero) is 1. The lowest BCUT2D eigenvalue weighted by molar-refractivity contribution is -0.174. The summed E-state index contributed by atoms with van der Waals surface area (Å²) in [5, 5.41) is 0. The lowest BCUT2D eigenvalue weighted by Gasteiger charge is -2.35. The number of esters is 2. The van der Waals surface area contributed by atoms with Gasteiger partial charge in [0.15, 0.2) is 5.60 Å². The molecule has 0 radical (unpaired) electrons. The van der Waals surface area contributed by atoms with Crippen molar-refractivity contribution in [2.45, 2.75) is 97.6 Å². The van der Waals surface area contributed by atoms with E-state index in [1.165, 1.54) is 6.92 Å². The molecule has 172 valence electrons. The molecule has 0 unspecified atom stereocenters. The van der Waals surface area contributed by atoms with Gasteiger partial charge < -0.3 is 14.2 Å². The van der Waals surface area contributed by atoms with E-state index in [-0.39, 0.29) is 35.6 Å². The van der Waals surface area contributed by atoms with Gasteiger partial charge in [0.05, 0.1) is 17.6 Å². The van der Waals surface area contributed by atoms with Crippen LogP contribution in [0.4, 0.5) is 0 Å². The summed E-state index contributed by atoms with van der Waals surface area (Å²) in [4.78, 5) is 38.5. The standard InChI is InChI=1S/C25H36O6/c1-8-18(27)29-20-14(3)12-25(30-15(4)26)19(20)22-24(7,31-22)10-9-16-17(23(16,5)6)11-13(2)21(25)28/h11,14,16-17,19-20,22H,8-10,12H2,1-7H3/b13-11+/t14-,16-,17+,19+,20-,22-,24-,25+/m0/s1. The maximum absolute atomic E-state index is 14.0. The molecule has 3 fully saturated rings. The Bertz CT molecular complexity index is 843. The van der Waals surface area contributed by atoms with Crippen LogP contribution >= 0.6 is 0 Å². The molecule has 0 aromatic heterocycles. The molecule has 1 saturated heterocycles. The average Bonchev–Trinajstić information content (AvgIpc) is 3.44. The summed E-state index contributed by atoms with van der Waals surface area (Å²) in [7, 11) is 0. The number of ether oxygens (including phenoxy) is 3. The van der Waals surface area contributed by atoms with Crippen LogP contribution in [-0.4, -0.2) is 41.1 Å². The minimum absolute atomic E-state index is 0.127. The Hall–Kier alpha value is -1.69. The first-order valence-corrected chi connectivity index (χ1v) is 11.7. The van der Waals surface area contributed by atoms with Crippen molar-refractivity contribution >= 4 is 17.7 Å². The molecule has 31 heavy (non-hydrogen) atoms. The Balaban J connectivity index is 1.82. The summed E-state index contributed by atoms with van der Waals surface area (Å²) in [5.74, 6) is -0.778. The first-order valence-electron chi connectivity index (χ1n) is 11.7. The van der Waals surface area contributed by atoms with Gasteiger partial charge in [-0.3, -0.25) is 14.4 Å². The summed E-state index contributed by atoms with van der Waals surface area (Å²) in [6, 6.07) is 0. The predicted molar refractivity (Wildman–Crippen MR) is 114 cm³/mol. The van der Waals surface area contributed by atoms with Crippen molar-refractivity contribution in [2.24, 2.45) is 29.1 Å². The largest absolute Gasteiger partial charge is 0.461 e. The van der Waals surface area contributed by atoms with Crippen molar-refractivity contribution in [3.05, 3.63) is 11.6 Å². The van der Waals surface area contributed by atoms with Gasteiger partial charge >= 0.3 is 11.9 Å². The van der Waals surface area contributed by atoms with Crippen molar-refractivity contribution in [2.75, 3.05) is 0 Å². The average molecular weight is 433 g/mol. The van der Waals surface area contributed by atoms with Crippen molar-refractivity contribution < 1.29 is 28.6 Å². The second kappa shape index (κ2) is 7.16. The Kier molecular flexibility index (Phi) is 5.20. The van der Waals surface area contributed by atoms with Gasteiger partial charge in [-0.25, -0.2) is 0 Å². The Morgan fingerprint density at radius 3 is 2.55 bits per heavy atom. The summed E-state index contributed by atoms with van der Waals surface area (Å²) >= 11 is 0. The van der Waals surface area contributed by atoms with Crippen LogP contribution in [0.1, 0.15) is 74.1 Å².